The number of benzene rings is 2. The molecule has 0 saturated carbocycles. The van der Waals surface area contributed by atoms with E-state index in [2.05, 4.69) is 16.0 Å². The van der Waals surface area contributed by atoms with Crippen LogP contribution in [0.2, 0.25) is 0 Å². The van der Waals surface area contributed by atoms with E-state index < -0.39 is 0 Å². The normalized spacial score (nSPS) is 10.2. The summed E-state index contributed by atoms with van der Waals surface area (Å²) in [5.41, 5.74) is 1.71. The minimum atomic E-state index is -0.317. The highest BCUT2D eigenvalue weighted by Gasteiger charge is 2.09. The maximum Gasteiger partial charge on any atom is 0.257 e. The van der Waals surface area contributed by atoms with Crippen LogP contribution in [0, 0.1) is 0 Å². The Bertz CT molecular complexity index is 802. The molecule has 0 aliphatic rings. The zero-order chi connectivity index (χ0) is 19.8. The Morgan fingerprint density at radius 2 is 1.52 bits per heavy atom. The van der Waals surface area contributed by atoms with Crippen LogP contribution in [0.3, 0.4) is 0 Å². The second-order valence-electron chi connectivity index (χ2n) is 6.04. The lowest BCUT2D eigenvalue weighted by Crippen LogP contribution is -2.34. The van der Waals surface area contributed by atoms with E-state index in [1.165, 1.54) is 0 Å². The highest BCUT2D eigenvalue weighted by atomic mass is 32.1. The Labute approximate surface area is 164 Å². The van der Waals surface area contributed by atoms with Gasteiger partial charge in [0.15, 0.2) is 5.11 Å². The minimum Gasteiger partial charge on any atom is -0.491 e. The highest BCUT2D eigenvalue weighted by molar-refractivity contribution is 7.80. The molecular weight excluding hydrogens is 362 g/mol. The summed E-state index contributed by atoms with van der Waals surface area (Å²) in [6, 6.07) is 13.7. The van der Waals surface area contributed by atoms with Crippen molar-refractivity contribution in [1.82, 2.24) is 10.6 Å². The summed E-state index contributed by atoms with van der Waals surface area (Å²) < 4.78 is 5.55. The van der Waals surface area contributed by atoms with Crippen LogP contribution in [0.4, 0.5) is 5.69 Å². The number of anilines is 1. The number of amides is 2. The van der Waals surface area contributed by atoms with Crippen LogP contribution in [0.15, 0.2) is 48.5 Å². The van der Waals surface area contributed by atoms with Crippen molar-refractivity contribution in [3.63, 3.8) is 0 Å². The number of carbonyl (C=O) groups is 2. The SMILES string of the molecule is CCNC(=O)c1ccc(NC(=S)NC(=O)c2ccc(OC(C)C)cc2)cc1. The second kappa shape index (κ2) is 9.68. The van der Waals surface area contributed by atoms with E-state index >= 15 is 0 Å². The van der Waals surface area contributed by atoms with E-state index in [-0.39, 0.29) is 23.0 Å². The number of rotatable bonds is 6. The maximum absolute atomic E-state index is 12.3. The summed E-state index contributed by atoms with van der Waals surface area (Å²) in [7, 11) is 0. The van der Waals surface area contributed by atoms with Crippen molar-refractivity contribution in [2.45, 2.75) is 26.9 Å². The van der Waals surface area contributed by atoms with Crippen molar-refractivity contribution in [2.24, 2.45) is 0 Å². The van der Waals surface area contributed by atoms with Crippen molar-refractivity contribution < 1.29 is 14.3 Å². The summed E-state index contributed by atoms with van der Waals surface area (Å²) in [5, 5.41) is 8.45. The van der Waals surface area contributed by atoms with E-state index in [0.717, 1.165) is 0 Å². The third-order valence-electron chi connectivity index (χ3n) is 3.46. The molecule has 27 heavy (non-hydrogen) atoms. The van der Waals surface area contributed by atoms with Gasteiger partial charge in [0.1, 0.15) is 5.75 Å². The van der Waals surface area contributed by atoms with E-state index in [9.17, 15) is 9.59 Å². The molecule has 0 heterocycles. The Morgan fingerprint density at radius 3 is 2.07 bits per heavy atom. The van der Waals surface area contributed by atoms with Crippen molar-refractivity contribution in [3.8, 4) is 5.75 Å². The third-order valence-corrected chi connectivity index (χ3v) is 3.66. The molecule has 142 valence electrons. The van der Waals surface area contributed by atoms with Gasteiger partial charge in [-0.1, -0.05) is 0 Å². The van der Waals surface area contributed by atoms with Gasteiger partial charge in [-0.3, -0.25) is 14.9 Å². The zero-order valence-corrected chi connectivity index (χ0v) is 16.4. The van der Waals surface area contributed by atoms with E-state index in [0.29, 0.717) is 29.1 Å². The molecule has 2 aromatic carbocycles. The van der Waals surface area contributed by atoms with Crippen LogP contribution in [0.25, 0.3) is 0 Å². The summed E-state index contributed by atoms with van der Waals surface area (Å²) in [5.74, 6) is 0.252. The molecule has 0 aliphatic heterocycles. The molecule has 2 amide bonds. The fraction of sp³-hybridized carbons (Fsp3) is 0.250. The third kappa shape index (κ3) is 6.38. The smallest absolute Gasteiger partial charge is 0.257 e. The lowest BCUT2D eigenvalue weighted by atomic mass is 10.2. The minimum absolute atomic E-state index is 0.0703. The standard InChI is InChI=1S/C20H23N3O3S/c1-4-21-18(24)14-5-9-16(10-6-14)22-20(27)23-19(25)15-7-11-17(12-8-15)26-13(2)3/h5-13H,4H2,1-3H3,(H,21,24)(H2,22,23,25,27). The fourth-order valence-corrected chi connectivity index (χ4v) is 2.47. The average Bonchev–Trinajstić information content (AvgIpc) is 2.62. The van der Waals surface area contributed by atoms with Gasteiger partial charge in [0.25, 0.3) is 11.8 Å². The van der Waals surface area contributed by atoms with Crippen LogP contribution < -0.4 is 20.7 Å². The molecule has 6 nitrogen and oxygen atoms in total. The molecule has 3 N–H and O–H groups in total. The molecule has 7 heteroatoms. The summed E-state index contributed by atoms with van der Waals surface area (Å²) >= 11 is 5.17. The first kappa shape index (κ1) is 20.4. The van der Waals surface area contributed by atoms with Gasteiger partial charge in [0, 0.05) is 23.4 Å². The highest BCUT2D eigenvalue weighted by Crippen LogP contribution is 2.14. The Kier molecular flexibility index (Phi) is 7.31. The number of nitrogens with one attached hydrogen (secondary N) is 3. The van der Waals surface area contributed by atoms with Gasteiger partial charge in [-0.2, -0.15) is 0 Å². The van der Waals surface area contributed by atoms with Gasteiger partial charge in [-0.15, -0.1) is 0 Å². The van der Waals surface area contributed by atoms with Crippen molar-refractivity contribution in [1.29, 1.82) is 0 Å². The van der Waals surface area contributed by atoms with Gasteiger partial charge in [0.05, 0.1) is 6.10 Å². The Morgan fingerprint density at radius 1 is 0.963 bits per heavy atom. The lowest BCUT2D eigenvalue weighted by molar-refractivity contribution is 0.0953. The van der Waals surface area contributed by atoms with E-state index in [4.69, 9.17) is 17.0 Å². The number of hydrogen-bond acceptors (Lipinski definition) is 4. The Hall–Kier alpha value is -2.93. The van der Waals surface area contributed by atoms with Gasteiger partial charge < -0.3 is 15.4 Å². The first-order valence-electron chi connectivity index (χ1n) is 8.66. The van der Waals surface area contributed by atoms with Crippen LogP contribution in [0.1, 0.15) is 41.5 Å². The van der Waals surface area contributed by atoms with Crippen LogP contribution >= 0.6 is 12.2 Å². The average molecular weight is 385 g/mol. The quantitative estimate of drug-likeness (QED) is 0.665. The molecular formula is C20H23N3O3S. The summed E-state index contributed by atoms with van der Waals surface area (Å²) in [6.45, 7) is 6.31. The predicted molar refractivity (Wildman–Crippen MR) is 110 cm³/mol. The van der Waals surface area contributed by atoms with E-state index in [1.807, 2.05) is 20.8 Å². The van der Waals surface area contributed by atoms with Crippen LogP contribution in [0.5, 0.6) is 5.75 Å². The fourth-order valence-electron chi connectivity index (χ4n) is 2.26. The van der Waals surface area contributed by atoms with Crippen LogP contribution in [-0.4, -0.2) is 29.6 Å². The molecule has 0 fully saturated rings. The molecule has 2 aromatic rings. The summed E-state index contributed by atoms with van der Waals surface area (Å²) in [4.78, 5) is 24.0. The molecule has 0 spiro atoms. The van der Waals surface area contributed by atoms with Crippen LogP contribution in [-0.2, 0) is 0 Å². The van der Waals surface area contributed by atoms with Crippen molar-refractivity contribution >= 4 is 34.8 Å². The zero-order valence-electron chi connectivity index (χ0n) is 15.5. The number of thiocarbonyl (C=S) groups is 1. The first-order chi connectivity index (χ1) is 12.9. The molecule has 0 bridgehead atoms. The molecule has 2 rings (SSSR count). The molecule has 0 aromatic heterocycles. The lowest BCUT2D eigenvalue weighted by Gasteiger charge is -2.12. The summed E-state index contributed by atoms with van der Waals surface area (Å²) in [6.07, 6.45) is 0.0703. The van der Waals surface area contributed by atoms with Gasteiger partial charge in [-0.05, 0) is 81.5 Å². The van der Waals surface area contributed by atoms with E-state index in [1.54, 1.807) is 48.5 Å². The number of ether oxygens (including phenoxy) is 1. The molecule has 0 atom stereocenters. The van der Waals surface area contributed by atoms with Crippen molar-refractivity contribution in [3.05, 3.63) is 59.7 Å². The van der Waals surface area contributed by atoms with Gasteiger partial charge in [-0.25, -0.2) is 0 Å². The molecule has 0 saturated heterocycles. The maximum atomic E-state index is 12.3. The van der Waals surface area contributed by atoms with Gasteiger partial charge in [0.2, 0.25) is 0 Å². The molecule has 0 radical (unpaired) electrons. The Balaban J connectivity index is 1.91. The number of carbonyl (C=O) groups excluding carboxylic acids is 2. The van der Waals surface area contributed by atoms with Crippen molar-refractivity contribution in [2.75, 3.05) is 11.9 Å². The molecule has 0 unspecified atom stereocenters. The monoisotopic (exact) mass is 385 g/mol. The van der Waals surface area contributed by atoms with Gasteiger partial charge >= 0.3 is 0 Å². The predicted octanol–water partition coefficient (Wildman–Crippen LogP) is 3.35. The second-order valence-corrected chi connectivity index (χ2v) is 6.44. The largest absolute Gasteiger partial charge is 0.491 e. The molecule has 0 aliphatic carbocycles. The number of hydrogen-bond donors (Lipinski definition) is 3. The topological polar surface area (TPSA) is 79.5 Å². The first-order valence-corrected chi connectivity index (χ1v) is 9.07.